The van der Waals surface area contributed by atoms with Crippen LogP contribution in [0.3, 0.4) is 0 Å². The van der Waals surface area contributed by atoms with Crippen molar-refractivity contribution in [1.29, 1.82) is 0 Å². The van der Waals surface area contributed by atoms with E-state index in [1.165, 1.54) is 5.56 Å². The van der Waals surface area contributed by atoms with E-state index < -0.39 is 0 Å². The van der Waals surface area contributed by atoms with E-state index in [9.17, 15) is 4.79 Å². The summed E-state index contributed by atoms with van der Waals surface area (Å²) in [6, 6.07) is 7.77. The van der Waals surface area contributed by atoms with Crippen LogP contribution >= 0.6 is 12.6 Å². The highest BCUT2D eigenvalue weighted by Crippen LogP contribution is 2.21. The summed E-state index contributed by atoms with van der Waals surface area (Å²) in [7, 11) is 0. The third-order valence-corrected chi connectivity index (χ3v) is 3.46. The minimum Gasteiger partial charge on any atom is -0.462 e. The second-order valence-corrected chi connectivity index (χ2v) is 6.77. The minimum atomic E-state index is -0.230. The number of thiol groups is 1. The van der Waals surface area contributed by atoms with Gasteiger partial charge in [-0.3, -0.25) is 0 Å². The van der Waals surface area contributed by atoms with Crippen LogP contribution in [-0.4, -0.2) is 18.3 Å². The fourth-order valence-corrected chi connectivity index (χ4v) is 2.01. The number of rotatable bonds is 7. The van der Waals surface area contributed by atoms with E-state index in [1.54, 1.807) is 0 Å². The lowest BCUT2D eigenvalue weighted by molar-refractivity contribution is 0.0500. The van der Waals surface area contributed by atoms with Crippen LogP contribution in [0.15, 0.2) is 24.3 Å². The van der Waals surface area contributed by atoms with Crippen molar-refractivity contribution in [2.24, 2.45) is 5.41 Å². The van der Waals surface area contributed by atoms with Crippen molar-refractivity contribution in [3.63, 3.8) is 0 Å². The number of benzene rings is 1. The molecule has 20 heavy (non-hydrogen) atoms. The Kier molecular flexibility index (Phi) is 7.14. The number of ether oxygens (including phenoxy) is 1. The number of hydrogen-bond acceptors (Lipinski definition) is 3. The number of esters is 1. The average Bonchev–Trinajstić information content (AvgIpc) is 2.41. The van der Waals surface area contributed by atoms with Crippen LogP contribution in [0, 0.1) is 5.41 Å². The number of aryl methyl sites for hydroxylation is 1. The Hall–Kier alpha value is -0.960. The maximum atomic E-state index is 11.8. The van der Waals surface area contributed by atoms with Crippen molar-refractivity contribution < 1.29 is 9.53 Å². The average molecular weight is 294 g/mol. The summed E-state index contributed by atoms with van der Waals surface area (Å²) < 4.78 is 5.21. The van der Waals surface area contributed by atoms with Crippen molar-refractivity contribution in [2.45, 2.75) is 46.5 Å². The molecule has 112 valence electrons. The molecule has 0 radical (unpaired) electrons. The molecule has 0 fully saturated rings. The van der Waals surface area contributed by atoms with E-state index in [0.717, 1.165) is 31.4 Å². The lowest BCUT2D eigenvalue weighted by atomic mass is 9.88. The molecule has 0 amide bonds. The minimum absolute atomic E-state index is 0.230. The third kappa shape index (κ3) is 6.99. The first-order chi connectivity index (χ1) is 9.42. The first-order valence-electron chi connectivity index (χ1n) is 7.29. The molecule has 0 unspecified atom stereocenters. The molecule has 0 N–H and O–H groups in total. The third-order valence-electron chi connectivity index (χ3n) is 3.14. The van der Waals surface area contributed by atoms with Gasteiger partial charge in [-0.05, 0) is 54.5 Å². The van der Waals surface area contributed by atoms with Gasteiger partial charge < -0.3 is 4.74 Å². The molecule has 0 bridgehead atoms. The smallest absolute Gasteiger partial charge is 0.338 e. The number of carbonyl (C=O) groups is 1. The van der Waals surface area contributed by atoms with Gasteiger partial charge in [-0.1, -0.05) is 32.9 Å². The summed E-state index contributed by atoms with van der Waals surface area (Å²) in [4.78, 5) is 11.8. The van der Waals surface area contributed by atoms with Crippen molar-refractivity contribution in [1.82, 2.24) is 0 Å². The molecule has 0 aliphatic carbocycles. The van der Waals surface area contributed by atoms with Crippen LogP contribution in [-0.2, 0) is 11.2 Å². The summed E-state index contributed by atoms with van der Waals surface area (Å²) in [6.07, 6.45) is 4.03. The molecule has 0 aliphatic heterocycles. The van der Waals surface area contributed by atoms with Gasteiger partial charge in [0.25, 0.3) is 0 Å². The number of unbranched alkanes of at least 4 members (excludes halogenated alkanes) is 1. The largest absolute Gasteiger partial charge is 0.462 e. The van der Waals surface area contributed by atoms with Crippen LogP contribution in [0.5, 0.6) is 0 Å². The highest BCUT2D eigenvalue weighted by atomic mass is 32.1. The van der Waals surface area contributed by atoms with E-state index >= 15 is 0 Å². The highest BCUT2D eigenvalue weighted by molar-refractivity contribution is 7.80. The Labute approximate surface area is 128 Å². The Morgan fingerprint density at radius 1 is 1.15 bits per heavy atom. The number of hydrogen-bond donors (Lipinski definition) is 1. The van der Waals surface area contributed by atoms with Gasteiger partial charge >= 0.3 is 5.97 Å². The lowest BCUT2D eigenvalue weighted by Crippen LogP contribution is -2.08. The first kappa shape index (κ1) is 17.1. The summed E-state index contributed by atoms with van der Waals surface area (Å²) in [5.41, 5.74) is 2.24. The van der Waals surface area contributed by atoms with Crippen molar-refractivity contribution in [3.8, 4) is 0 Å². The predicted molar refractivity (Wildman–Crippen MR) is 87.6 cm³/mol. The predicted octanol–water partition coefficient (Wildman–Crippen LogP) is 4.53. The summed E-state index contributed by atoms with van der Waals surface area (Å²) in [5.74, 6) is 0.603. The van der Waals surface area contributed by atoms with Crippen LogP contribution in [0.1, 0.15) is 56.0 Å². The molecule has 0 aromatic heterocycles. The van der Waals surface area contributed by atoms with Gasteiger partial charge in [0.15, 0.2) is 0 Å². The maximum Gasteiger partial charge on any atom is 0.338 e. The Morgan fingerprint density at radius 3 is 2.35 bits per heavy atom. The molecule has 1 rings (SSSR count). The SMILES string of the molecule is CC(C)(C)CCc1ccc(C(=O)OCCCCS)cc1. The molecule has 0 aliphatic rings. The Balaban J connectivity index is 2.43. The Bertz CT molecular complexity index is 404. The highest BCUT2D eigenvalue weighted by Gasteiger charge is 2.11. The molecule has 0 atom stereocenters. The molecule has 3 heteroatoms. The normalized spacial score (nSPS) is 11.4. The van der Waals surface area contributed by atoms with Crippen LogP contribution in [0.4, 0.5) is 0 Å². The van der Waals surface area contributed by atoms with Gasteiger partial charge in [-0.25, -0.2) is 4.79 Å². The summed E-state index contributed by atoms with van der Waals surface area (Å²) in [5, 5.41) is 0. The van der Waals surface area contributed by atoms with E-state index in [-0.39, 0.29) is 5.97 Å². The lowest BCUT2D eigenvalue weighted by Gasteiger charge is -2.17. The summed E-state index contributed by atoms with van der Waals surface area (Å²) >= 11 is 4.13. The van der Waals surface area contributed by atoms with Gasteiger partial charge in [-0.2, -0.15) is 12.6 Å². The molecule has 2 nitrogen and oxygen atoms in total. The van der Waals surface area contributed by atoms with Crippen LogP contribution in [0.25, 0.3) is 0 Å². The van der Waals surface area contributed by atoms with Gasteiger partial charge in [0.2, 0.25) is 0 Å². The molecule has 0 heterocycles. The summed E-state index contributed by atoms with van der Waals surface area (Å²) in [6.45, 7) is 7.20. The molecule has 0 spiro atoms. The monoisotopic (exact) mass is 294 g/mol. The van der Waals surface area contributed by atoms with E-state index in [0.29, 0.717) is 17.6 Å². The van der Waals surface area contributed by atoms with Gasteiger partial charge in [-0.15, -0.1) is 0 Å². The second kappa shape index (κ2) is 8.35. The molecule has 0 saturated carbocycles. The second-order valence-electron chi connectivity index (χ2n) is 6.32. The molecule has 0 saturated heterocycles. The zero-order valence-corrected chi connectivity index (χ0v) is 13.7. The zero-order chi connectivity index (χ0) is 15.0. The topological polar surface area (TPSA) is 26.3 Å². The van der Waals surface area contributed by atoms with Gasteiger partial charge in [0, 0.05) is 0 Å². The molecular formula is C17H26O2S. The van der Waals surface area contributed by atoms with Crippen LogP contribution in [0.2, 0.25) is 0 Å². The molecule has 1 aromatic carbocycles. The van der Waals surface area contributed by atoms with E-state index in [1.807, 2.05) is 24.3 Å². The van der Waals surface area contributed by atoms with Crippen LogP contribution < -0.4 is 0 Å². The zero-order valence-electron chi connectivity index (χ0n) is 12.8. The standard InChI is InChI=1S/C17H26O2S/c1-17(2,3)11-10-14-6-8-15(9-7-14)16(18)19-12-4-5-13-20/h6-9,20H,4-5,10-13H2,1-3H3. The molecular weight excluding hydrogens is 268 g/mol. The van der Waals surface area contributed by atoms with Crippen molar-refractivity contribution in [3.05, 3.63) is 35.4 Å². The van der Waals surface area contributed by atoms with Crippen molar-refractivity contribution in [2.75, 3.05) is 12.4 Å². The van der Waals surface area contributed by atoms with Crippen molar-refractivity contribution >= 4 is 18.6 Å². The van der Waals surface area contributed by atoms with E-state index in [4.69, 9.17) is 4.74 Å². The Morgan fingerprint density at radius 2 is 1.80 bits per heavy atom. The van der Waals surface area contributed by atoms with Gasteiger partial charge in [0.1, 0.15) is 0 Å². The molecule has 1 aromatic rings. The van der Waals surface area contributed by atoms with Gasteiger partial charge in [0.05, 0.1) is 12.2 Å². The van der Waals surface area contributed by atoms with E-state index in [2.05, 4.69) is 33.4 Å². The fraction of sp³-hybridized carbons (Fsp3) is 0.588. The first-order valence-corrected chi connectivity index (χ1v) is 7.92. The fourth-order valence-electron chi connectivity index (χ4n) is 1.79. The maximum absolute atomic E-state index is 11.8. The number of carbonyl (C=O) groups excluding carboxylic acids is 1. The quantitative estimate of drug-likeness (QED) is 0.454.